The predicted octanol–water partition coefficient (Wildman–Crippen LogP) is 1.47. The Labute approximate surface area is 140 Å². The van der Waals surface area contributed by atoms with Crippen LogP contribution in [0.1, 0.15) is 33.0 Å². The minimum atomic E-state index is -0.999. The van der Waals surface area contributed by atoms with Gasteiger partial charge in [-0.15, -0.1) is 0 Å². The number of aromatic carboxylic acids is 1. The van der Waals surface area contributed by atoms with Crippen molar-refractivity contribution in [2.45, 2.75) is 33.3 Å². The van der Waals surface area contributed by atoms with Gasteiger partial charge >= 0.3 is 5.97 Å². The summed E-state index contributed by atoms with van der Waals surface area (Å²) in [6, 6.07) is 3.61. The highest BCUT2D eigenvalue weighted by Crippen LogP contribution is 2.29. The van der Waals surface area contributed by atoms with Crippen LogP contribution in [0.25, 0.3) is 0 Å². The Bertz CT molecular complexity index is 771. The Balaban J connectivity index is 1.84. The van der Waals surface area contributed by atoms with Gasteiger partial charge in [0.2, 0.25) is 0 Å². The van der Waals surface area contributed by atoms with Gasteiger partial charge in [0.05, 0.1) is 11.8 Å². The third kappa shape index (κ3) is 3.12. The summed E-state index contributed by atoms with van der Waals surface area (Å²) in [6.45, 7) is 6.58. The number of aromatic amines is 1. The van der Waals surface area contributed by atoms with Gasteiger partial charge in [0, 0.05) is 30.4 Å². The number of hydrogen-bond acceptors (Lipinski definition) is 5. The lowest BCUT2D eigenvalue weighted by Crippen LogP contribution is -2.25. The van der Waals surface area contributed by atoms with Crippen LogP contribution in [-0.4, -0.2) is 50.6 Å². The van der Waals surface area contributed by atoms with Gasteiger partial charge in [-0.2, -0.15) is 5.10 Å². The molecule has 2 atom stereocenters. The number of rotatable bonds is 4. The van der Waals surface area contributed by atoms with Crippen LogP contribution in [0.15, 0.2) is 12.1 Å². The van der Waals surface area contributed by atoms with Gasteiger partial charge in [0.25, 0.3) is 0 Å². The molecule has 1 fully saturated rings. The molecule has 0 saturated carbocycles. The first-order valence-electron chi connectivity index (χ1n) is 8.00. The fraction of sp³-hybridized carbons (Fsp3) is 0.471. The Morgan fingerprint density at radius 3 is 2.71 bits per heavy atom. The van der Waals surface area contributed by atoms with Crippen LogP contribution in [0, 0.1) is 26.7 Å². The number of carbonyl (C=O) groups is 1. The second-order valence-corrected chi connectivity index (χ2v) is 6.55. The highest BCUT2D eigenvalue weighted by molar-refractivity contribution is 5.93. The van der Waals surface area contributed by atoms with E-state index in [0.29, 0.717) is 25.3 Å². The summed E-state index contributed by atoms with van der Waals surface area (Å²) in [5, 5.41) is 27.0. The molecule has 0 bridgehead atoms. The smallest absolute Gasteiger partial charge is 0.339 e. The molecule has 0 unspecified atom stereocenters. The number of carboxylic acids is 1. The van der Waals surface area contributed by atoms with Crippen molar-refractivity contribution in [3.05, 3.63) is 40.3 Å². The van der Waals surface area contributed by atoms with Crippen molar-refractivity contribution >= 4 is 11.8 Å². The van der Waals surface area contributed by atoms with E-state index in [1.165, 1.54) is 0 Å². The van der Waals surface area contributed by atoms with Crippen molar-refractivity contribution in [1.29, 1.82) is 0 Å². The number of aliphatic hydroxyl groups excluding tert-OH is 1. The Kier molecular flexibility index (Phi) is 4.28. The number of carboxylic acid groups (broad SMARTS) is 1. The van der Waals surface area contributed by atoms with E-state index in [1.54, 1.807) is 6.07 Å². The summed E-state index contributed by atoms with van der Waals surface area (Å²) in [7, 11) is 0. The first-order chi connectivity index (χ1) is 11.3. The van der Waals surface area contributed by atoms with E-state index in [-0.39, 0.29) is 11.5 Å². The van der Waals surface area contributed by atoms with E-state index in [4.69, 9.17) is 0 Å². The molecular formula is C17H22N4O3. The van der Waals surface area contributed by atoms with E-state index in [1.807, 2.05) is 31.7 Å². The summed E-state index contributed by atoms with van der Waals surface area (Å²) in [6.07, 6.45) is 0.113. The van der Waals surface area contributed by atoms with Crippen LogP contribution in [-0.2, 0) is 6.42 Å². The first kappa shape index (κ1) is 16.4. The zero-order valence-corrected chi connectivity index (χ0v) is 14.1. The second kappa shape index (κ2) is 6.24. The molecular weight excluding hydrogens is 308 g/mol. The summed E-state index contributed by atoms with van der Waals surface area (Å²) in [5.74, 6) is -0.565. The Hall–Kier alpha value is -2.41. The summed E-state index contributed by atoms with van der Waals surface area (Å²) in [5.41, 5.74) is 3.72. The molecule has 2 aromatic rings. The second-order valence-electron chi connectivity index (χ2n) is 6.55. The van der Waals surface area contributed by atoms with Crippen molar-refractivity contribution in [2.75, 3.05) is 18.0 Å². The standard InChI is InChI=1S/C17H22N4O3/c1-9-4-14(17(23)24)16(18-11(9)3)21-7-12(15(22)8-21)6-13-5-10(2)19-20-13/h4-5,12,15,22H,6-8H2,1-3H3,(H,19,20)(H,23,24)/t12-,15+/m1/s1. The molecule has 3 heterocycles. The lowest BCUT2D eigenvalue weighted by molar-refractivity contribution is 0.0697. The molecule has 0 spiro atoms. The summed E-state index contributed by atoms with van der Waals surface area (Å²) < 4.78 is 0. The Morgan fingerprint density at radius 1 is 1.33 bits per heavy atom. The van der Waals surface area contributed by atoms with E-state index in [0.717, 1.165) is 22.6 Å². The first-order valence-corrected chi connectivity index (χ1v) is 8.00. The van der Waals surface area contributed by atoms with Crippen molar-refractivity contribution < 1.29 is 15.0 Å². The molecule has 0 aromatic carbocycles. The van der Waals surface area contributed by atoms with Gasteiger partial charge in [-0.25, -0.2) is 9.78 Å². The molecule has 1 aliphatic rings. The predicted molar refractivity (Wildman–Crippen MR) is 89.4 cm³/mol. The third-order valence-electron chi connectivity index (χ3n) is 4.61. The zero-order chi connectivity index (χ0) is 17.4. The topological polar surface area (TPSA) is 102 Å². The number of aromatic nitrogens is 3. The minimum Gasteiger partial charge on any atom is -0.478 e. The summed E-state index contributed by atoms with van der Waals surface area (Å²) in [4.78, 5) is 17.9. The van der Waals surface area contributed by atoms with Crippen molar-refractivity contribution in [2.24, 2.45) is 5.92 Å². The molecule has 7 heteroatoms. The molecule has 3 N–H and O–H groups in total. The van der Waals surface area contributed by atoms with Gasteiger partial charge in [0.1, 0.15) is 11.4 Å². The third-order valence-corrected chi connectivity index (χ3v) is 4.61. The molecule has 0 amide bonds. The van der Waals surface area contributed by atoms with Crippen LogP contribution < -0.4 is 4.90 Å². The monoisotopic (exact) mass is 330 g/mol. The van der Waals surface area contributed by atoms with Crippen LogP contribution in [0.5, 0.6) is 0 Å². The van der Waals surface area contributed by atoms with E-state index in [9.17, 15) is 15.0 Å². The normalized spacial score (nSPS) is 20.6. The maximum atomic E-state index is 11.6. The number of anilines is 1. The number of pyridine rings is 1. The average Bonchev–Trinajstić information content (AvgIpc) is 3.08. The van der Waals surface area contributed by atoms with Crippen molar-refractivity contribution in [3.63, 3.8) is 0 Å². The highest BCUT2D eigenvalue weighted by atomic mass is 16.4. The van der Waals surface area contributed by atoms with Crippen LogP contribution in [0.2, 0.25) is 0 Å². The van der Waals surface area contributed by atoms with Gasteiger partial charge in [-0.1, -0.05) is 0 Å². The lowest BCUT2D eigenvalue weighted by atomic mass is 10.0. The SMILES string of the molecule is Cc1cc(C[C@@H]2CN(c3nc(C)c(C)cc3C(=O)O)C[C@@H]2O)n[nH]1. The number of H-pyrrole nitrogens is 1. The number of hydrogen-bond donors (Lipinski definition) is 3. The van der Waals surface area contributed by atoms with Gasteiger partial charge in [-0.3, -0.25) is 5.10 Å². The number of nitrogens with one attached hydrogen (secondary N) is 1. The number of aryl methyl sites for hydroxylation is 3. The molecule has 0 radical (unpaired) electrons. The molecule has 1 aliphatic heterocycles. The van der Waals surface area contributed by atoms with Gasteiger partial charge in [0.15, 0.2) is 0 Å². The molecule has 0 aliphatic carbocycles. The van der Waals surface area contributed by atoms with Crippen molar-refractivity contribution in [3.8, 4) is 0 Å². The maximum Gasteiger partial charge on any atom is 0.339 e. The number of β-amino-alcohol motifs (C(OH)–C–C–N with tert-alkyl or cyclic N) is 1. The molecule has 2 aromatic heterocycles. The van der Waals surface area contributed by atoms with Crippen molar-refractivity contribution in [1.82, 2.24) is 15.2 Å². The van der Waals surface area contributed by atoms with Crippen LogP contribution in [0.4, 0.5) is 5.82 Å². The van der Waals surface area contributed by atoms with E-state index in [2.05, 4.69) is 15.2 Å². The van der Waals surface area contributed by atoms with Crippen LogP contribution >= 0.6 is 0 Å². The minimum absolute atomic E-state index is 0.00208. The van der Waals surface area contributed by atoms with Gasteiger partial charge < -0.3 is 15.1 Å². The molecule has 128 valence electrons. The Morgan fingerprint density at radius 2 is 2.08 bits per heavy atom. The zero-order valence-electron chi connectivity index (χ0n) is 14.1. The van der Waals surface area contributed by atoms with Gasteiger partial charge in [-0.05, 0) is 44.9 Å². The molecule has 24 heavy (non-hydrogen) atoms. The maximum absolute atomic E-state index is 11.6. The van der Waals surface area contributed by atoms with E-state index >= 15 is 0 Å². The van der Waals surface area contributed by atoms with Crippen LogP contribution in [0.3, 0.4) is 0 Å². The van der Waals surface area contributed by atoms with E-state index < -0.39 is 12.1 Å². The molecule has 7 nitrogen and oxygen atoms in total. The highest BCUT2D eigenvalue weighted by Gasteiger charge is 2.34. The largest absolute Gasteiger partial charge is 0.478 e. The lowest BCUT2D eigenvalue weighted by Gasteiger charge is -2.20. The molecule has 3 rings (SSSR count). The quantitative estimate of drug-likeness (QED) is 0.784. The molecule has 1 saturated heterocycles. The average molecular weight is 330 g/mol. The number of nitrogens with zero attached hydrogens (tertiary/aromatic N) is 3. The number of aliphatic hydroxyl groups is 1. The summed E-state index contributed by atoms with van der Waals surface area (Å²) >= 11 is 0. The fourth-order valence-corrected chi connectivity index (χ4v) is 3.17. The fourth-order valence-electron chi connectivity index (χ4n) is 3.17.